The third-order valence-corrected chi connectivity index (χ3v) is 9.46. The molecule has 1 heterocycles. The molecule has 3 atom stereocenters. The molecule has 0 fully saturated rings. The van der Waals surface area contributed by atoms with Crippen molar-refractivity contribution in [2.24, 2.45) is 23.2 Å². The van der Waals surface area contributed by atoms with Crippen LogP contribution in [0.4, 0.5) is 0 Å². The van der Waals surface area contributed by atoms with E-state index >= 15 is 0 Å². The summed E-state index contributed by atoms with van der Waals surface area (Å²) in [5, 5.41) is 0. The fourth-order valence-electron chi connectivity index (χ4n) is 6.37. The first-order valence-corrected chi connectivity index (χ1v) is 16.2. The van der Waals surface area contributed by atoms with E-state index in [1.165, 1.54) is 56.9 Å². The second kappa shape index (κ2) is 14.9. The predicted octanol–water partition coefficient (Wildman–Crippen LogP) is 10.9. The lowest BCUT2D eigenvalue weighted by Gasteiger charge is -2.38. The van der Waals surface area contributed by atoms with Crippen LogP contribution in [0.3, 0.4) is 0 Å². The van der Waals surface area contributed by atoms with Gasteiger partial charge in [0.1, 0.15) is 17.1 Å². The lowest BCUT2D eigenvalue weighted by molar-refractivity contribution is -0.144. The van der Waals surface area contributed by atoms with E-state index < -0.39 is 5.41 Å². The van der Waals surface area contributed by atoms with Gasteiger partial charge < -0.3 is 9.47 Å². The molecule has 1 aromatic carbocycles. The minimum absolute atomic E-state index is 0.122. The first kappa shape index (κ1) is 33.7. The molecule has 0 bridgehead atoms. The largest absolute Gasteiger partial charge is 0.487 e. The van der Waals surface area contributed by atoms with E-state index in [2.05, 4.69) is 62.3 Å². The van der Waals surface area contributed by atoms with Crippen molar-refractivity contribution in [1.82, 2.24) is 0 Å². The topological polar surface area (TPSA) is 35.5 Å². The molecule has 3 nitrogen and oxygen atoms in total. The van der Waals surface area contributed by atoms with Crippen LogP contribution in [-0.4, -0.2) is 11.6 Å². The van der Waals surface area contributed by atoms with Crippen LogP contribution in [0, 0.1) is 43.9 Å². The third kappa shape index (κ3) is 9.82. The van der Waals surface area contributed by atoms with Crippen molar-refractivity contribution in [3.8, 4) is 11.5 Å². The van der Waals surface area contributed by atoms with E-state index in [1.807, 2.05) is 13.8 Å². The van der Waals surface area contributed by atoms with Gasteiger partial charge in [-0.3, -0.25) is 4.79 Å². The number of fused-ring (bicyclic) bond motifs is 1. The summed E-state index contributed by atoms with van der Waals surface area (Å²) in [6, 6.07) is 0. The van der Waals surface area contributed by atoms with Gasteiger partial charge >= 0.3 is 5.97 Å². The summed E-state index contributed by atoms with van der Waals surface area (Å²) in [6.45, 7) is 24.2. The molecule has 0 aromatic heterocycles. The monoisotopic (exact) mass is 542 g/mol. The van der Waals surface area contributed by atoms with E-state index in [-0.39, 0.29) is 11.6 Å². The van der Waals surface area contributed by atoms with Gasteiger partial charge in [0.05, 0.1) is 5.41 Å². The van der Waals surface area contributed by atoms with Crippen molar-refractivity contribution in [3.05, 3.63) is 22.3 Å². The number of benzene rings is 1. The number of ether oxygens (including phenoxy) is 2. The average Bonchev–Trinajstić information content (AvgIpc) is 2.84. The number of hydrogen-bond donors (Lipinski definition) is 0. The standard InChI is InChI=1S/C36H62O3/c1-12-22-35(9,10)34(37)38-32-28(6)29(7)33-31(30(32)8)21-24-36(11,39-33)23-15-20-27(5)19-14-18-26(4)17-13-16-25(2)3/h25-27H,12-24H2,1-11H3. The molecule has 0 spiro atoms. The summed E-state index contributed by atoms with van der Waals surface area (Å²) < 4.78 is 12.9. The zero-order valence-electron chi connectivity index (χ0n) is 27.6. The van der Waals surface area contributed by atoms with Crippen molar-refractivity contribution in [2.45, 2.75) is 165 Å². The molecule has 0 amide bonds. The van der Waals surface area contributed by atoms with Crippen molar-refractivity contribution in [3.63, 3.8) is 0 Å². The molecule has 0 radical (unpaired) electrons. The molecule has 1 aliphatic rings. The summed E-state index contributed by atoms with van der Waals surface area (Å²) in [7, 11) is 0. The van der Waals surface area contributed by atoms with Gasteiger partial charge in [-0.2, -0.15) is 0 Å². The molecule has 1 aliphatic heterocycles. The van der Waals surface area contributed by atoms with E-state index in [9.17, 15) is 4.79 Å². The zero-order chi connectivity index (χ0) is 29.4. The lowest BCUT2D eigenvalue weighted by Crippen LogP contribution is -2.37. The molecule has 0 saturated heterocycles. The van der Waals surface area contributed by atoms with Crippen LogP contribution in [0.1, 0.15) is 155 Å². The highest BCUT2D eigenvalue weighted by Crippen LogP contribution is 2.45. The Kier molecular flexibility index (Phi) is 12.9. The summed E-state index contributed by atoms with van der Waals surface area (Å²) in [4.78, 5) is 13.0. The highest BCUT2D eigenvalue weighted by atomic mass is 16.5. The van der Waals surface area contributed by atoms with E-state index in [0.29, 0.717) is 0 Å². The Hall–Kier alpha value is -1.51. The molecule has 224 valence electrons. The Bertz CT molecular complexity index is 928. The first-order chi connectivity index (χ1) is 18.2. The number of carbonyl (C=O) groups is 1. The molecule has 0 N–H and O–H groups in total. The summed E-state index contributed by atoms with van der Waals surface area (Å²) >= 11 is 0. The fourth-order valence-corrected chi connectivity index (χ4v) is 6.37. The molecule has 3 unspecified atom stereocenters. The Balaban J connectivity index is 1.91. The van der Waals surface area contributed by atoms with Crippen LogP contribution >= 0.6 is 0 Å². The summed E-state index contributed by atoms with van der Waals surface area (Å²) in [5.41, 5.74) is 3.85. The second-order valence-corrected chi connectivity index (χ2v) is 14.4. The van der Waals surface area contributed by atoms with Gasteiger partial charge in [-0.15, -0.1) is 0 Å². The number of hydrogen-bond acceptors (Lipinski definition) is 3. The number of rotatable bonds is 16. The quantitative estimate of drug-likeness (QED) is 0.154. The number of carbonyl (C=O) groups excluding carboxylic acids is 1. The van der Waals surface area contributed by atoms with Crippen LogP contribution in [0.15, 0.2) is 0 Å². The molecule has 0 aliphatic carbocycles. The van der Waals surface area contributed by atoms with Gasteiger partial charge in [-0.25, -0.2) is 0 Å². The fraction of sp³-hybridized carbons (Fsp3) is 0.806. The molecule has 39 heavy (non-hydrogen) atoms. The molecule has 0 saturated carbocycles. The third-order valence-electron chi connectivity index (χ3n) is 9.46. The van der Waals surface area contributed by atoms with Crippen LogP contribution < -0.4 is 9.47 Å². The van der Waals surface area contributed by atoms with Gasteiger partial charge in [-0.1, -0.05) is 86.0 Å². The van der Waals surface area contributed by atoms with E-state index in [1.54, 1.807) is 0 Å². The maximum absolute atomic E-state index is 13.0. The van der Waals surface area contributed by atoms with E-state index in [0.717, 1.165) is 78.0 Å². The van der Waals surface area contributed by atoms with Gasteiger partial charge in [0.25, 0.3) is 0 Å². The van der Waals surface area contributed by atoms with Crippen molar-refractivity contribution in [1.29, 1.82) is 0 Å². The van der Waals surface area contributed by atoms with Crippen LogP contribution in [0.5, 0.6) is 11.5 Å². The predicted molar refractivity (Wildman–Crippen MR) is 167 cm³/mol. The minimum atomic E-state index is -0.477. The Morgan fingerprint density at radius 3 is 2.03 bits per heavy atom. The lowest BCUT2D eigenvalue weighted by atomic mass is 9.83. The van der Waals surface area contributed by atoms with Gasteiger partial charge in [0, 0.05) is 5.56 Å². The van der Waals surface area contributed by atoms with Crippen LogP contribution in [0.25, 0.3) is 0 Å². The first-order valence-electron chi connectivity index (χ1n) is 16.2. The van der Waals surface area contributed by atoms with E-state index in [4.69, 9.17) is 9.47 Å². The molecular formula is C36H62O3. The summed E-state index contributed by atoms with van der Waals surface area (Å²) in [5.74, 6) is 4.14. The van der Waals surface area contributed by atoms with Crippen molar-refractivity contribution >= 4 is 5.97 Å². The molecule has 2 rings (SSSR count). The Morgan fingerprint density at radius 1 is 0.897 bits per heavy atom. The number of esters is 1. The van der Waals surface area contributed by atoms with Crippen molar-refractivity contribution in [2.75, 3.05) is 0 Å². The molecule has 1 aromatic rings. The molecular weight excluding hydrogens is 480 g/mol. The highest BCUT2D eigenvalue weighted by Gasteiger charge is 2.36. The zero-order valence-corrected chi connectivity index (χ0v) is 27.6. The minimum Gasteiger partial charge on any atom is -0.487 e. The highest BCUT2D eigenvalue weighted by molar-refractivity contribution is 5.79. The van der Waals surface area contributed by atoms with Gasteiger partial charge in [0.15, 0.2) is 0 Å². The van der Waals surface area contributed by atoms with Gasteiger partial charge in [0.2, 0.25) is 0 Å². The molecule has 3 heteroatoms. The SMILES string of the molecule is CCCC(C)(C)C(=O)Oc1c(C)c(C)c2c(c1C)CCC(C)(CCCC(C)CCCC(C)CCCC(C)C)O2. The van der Waals surface area contributed by atoms with Crippen LogP contribution in [-0.2, 0) is 11.2 Å². The maximum atomic E-state index is 13.0. The Morgan fingerprint density at radius 2 is 1.46 bits per heavy atom. The smallest absolute Gasteiger partial charge is 0.316 e. The second-order valence-electron chi connectivity index (χ2n) is 14.4. The maximum Gasteiger partial charge on any atom is 0.316 e. The normalized spacial score (nSPS) is 19.0. The average molecular weight is 543 g/mol. The van der Waals surface area contributed by atoms with Crippen LogP contribution in [0.2, 0.25) is 0 Å². The van der Waals surface area contributed by atoms with Crippen molar-refractivity contribution < 1.29 is 14.3 Å². The Labute approximate surface area is 242 Å². The van der Waals surface area contributed by atoms with Gasteiger partial charge in [-0.05, 0) is 108 Å². The summed E-state index contributed by atoms with van der Waals surface area (Å²) in [6.07, 6.45) is 15.6.